The number of nitrogens with zero attached hydrogens (tertiary/aromatic N) is 6. The smallest absolute Gasteiger partial charge is 0.160 e. The lowest BCUT2D eigenvalue weighted by Crippen LogP contribution is -2.35. The normalized spacial score (nSPS) is 18.7. The minimum atomic E-state index is 0.101. The van der Waals surface area contributed by atoms with Crippen LogP contribution in [0.1, 0.15) is 23.4 Å². The zero-order valence-electron chi connectivity index (χ0n) is 15.0. The molecule has 0 radical (unpaired) electrons. The molecule has 1 unspecified atom stereocenters. The highest BCUT2D eigenvalue weighted by molar-refractivity contribution is 5.57. The Balaban J connectivity index is 1.67. The third kappa shape index (κ3) is 3.11. The van der Waals surface area contributed by atoms with Crippen LogP contribution in [-0.4, -0.2) is 50.2 Å². The summed E-state index contributed by atoms with van der Waals surface area (Å²) in [7, 11) is 0. The molecule has 0 aromatic carbocycles. The van der Waals surface area contributed by atoms with E-state index in [-0.39, 0.29) is 6.10 Å². The SMILES string of the molecule is Cc1cc(N2CCCOC(Cn3cccn3)C2)n2nc(C)c(C)c2n1. The van der Waals surface area contributed by atoms with Gasteiger partial charge in [-0.1, -0.05) is 0 Å². The molecule has 1 aliphatic heterocycles. The van der Waals surface area contributed by atoms with Crippen LogP contribution in [0.25, 0.3) is 5.65 Å². The van der Waals surface area contributed by atoms with Gasteiger partial charge in [-0.3, -0.25) is 4.68 Å². The van der Waals surface area contributed by atoms with Crippen LogP contribution in [0.2, 0.25) is 0 Å². The third-order valence-corrected chi connectivity index (χ3v) is 4.79. The molecule has 3 aromatic heterocycles. The Labute approximate surface area is 147 Å². The van der Waals surface area contributed by atoms with Crippen molar-refractivity contribution >= 4 is 11.5 Å². The first-order valence-corrected chi connectivity index (χ1v) is 8.79. The van der Waals surface area contributed by atoms with Crippen molar-refractivity contribution in [2.45, 2.75) is 39.8 Å². The van der Waals surface area contributed by atoms with E-state index in [1.165, 1.54) is 0 Å². The van der Waals surface area contributed by atoms with Gasteiger partial charge >= 0.3 is 0 Å². The third-order valence-electron chi connectivity index (χ3n) is 4.79. The summed E-state index contributed by atoms with van der Waals surface area (Å²) >= 11 is 0. The van der Waals surface area contributed by atoms with Crippen molar-refractivity contribution in [1.29, 1.82) is 0 Å². The molecule has 7 heteroatoms. The van der Waals surface area contributed by atoms with Gasteiger partial charge in [0.25, 0.3) is 0 Å². The Hall–Kier alpha value is -2.41. The van der Waals surface area contributed by atoms with Gasteiger partial charge in [0.2, 0.25) is 0 Å². The maximum absolute atomic E-state index is 6.05. The largest absolute Gasteiger partial charge is 0.374 e. The molecule has 25 heavy (non-hydrogen) atoms. The summed E-state index contributed by atoms with van der Waals surface area (Å²) in [5.41, 5.74) is 4.13. The lowest BCUT2D eigenvalue weighted by Gasteiger charge is -2.26. The first-order valence-electron chi connectivity index (χ1n) is 8.79. The molecule has 132 valence electrons. The molecule has 4 heterocycles. The fourth-order valence-corrected chi connectivity index (χ4v) is 3.39. The van der Waals surface area contributed by atoms with E-state index in [2.05, 4.69) is 28.0 Å². The minimum Gasteiger partial charge on any atom is -0.374 e. The van der Waals surface area contributed by atoms with Crippen LogP contribution in [0.3, 0.4) is 0 Å². The van der Waals surface area contributed by atoms with Gasteiger partial charge in [0.1, 0.15) is 5.82 Å². The Morgan fingerprint density at radius 3 is 2.96 bits per heavy atom. The van der Waals surface area contributed by atoms with Gasteiger partial charge in [-0.25, -0.2) is 4.98 Å². The van der Waals surface area contributed by atoms with Crippen LogP contribution in [0.15, 0.2) is 24.5 Å². The van der Waals surface area contributed by atoms with Crippen LogP contribution in [-0.2, 0) is 11.3 Å². The van der Waals surface area contributed by atoms with Crippen molar-refractivity contribution in [2.75, 3.05) is 24.6 Å². The Bertz CT molecular complexity index is 869. The summed E-state index contributed by atoms with van der Waals surface area (Å²) in [6.45, 7) is 9.46. The zero-order chi connectivity index (χ0) is 17.4. The molecule has 4 rings (SSSR count). The van der Waals surface area contributed by atoms with Crippen molar-refractivity contribution in [2.24, 2.45) is 0 Å². The van der Waals surface area contributed by atoms with Crippen molar-refractivity contribution < 1.29 is 4.74 Å². The van der Waals surface area contributed by atoms with Crippen LogP contribution in [0, 0.1) is 20.8 Å². The minimum absolute atomic E-state index is 0.101. The molecule has 0 bridgehead atoms. The molecular formula is C18H24N6O. The standard InChI is InChI=1S/C18H24N6O/c1-13-10-17(24-18(20-13)14(2)15(3)21-24)22-7-5-9-25-16(11-22)12-23-8-4-6-19-23/h4,6,8,10,16H,5,7,9,11-12H2,1-3H3. The maximum Gasteiger partial charge on any atom is 0.160 e. The van der Waals surface area contributed by atoms with E-state index in [1.54, 1.807) is 6.20 Å². The zero-order valence-corrected chi connectivity index (χ0v) is 15.0. The van der Waals surface area contributed by atoms with Gasteiger partial charge in [-0.2, -0.15) is 14.7 Å². The summed E-state index contributed by atoms with van der Waals surface area (Å²) in [4.78, 5) is 7.05. The predicted molar refractivity (Wildman–Crippen MR) is 96.0 cm³/mol. The molecule has 1 fully saturated rings. The molecule has 1 atom stereocenters. The fraction of sp³-hybridized carbons (Fsp3) is 0.500. The average Bonchev–Trinajstić information content (AvgIpc) is 3.11. The van der Waals surface area contributed by atoms with Gasteiger partial charge in [0.05, 0.1) is 18.3 Å². The second-order valence-electron chi connectivity index (χ2n) is 6.72. The maximum atomic E-state index is 6.05. The monoisotopic (exact) mass is 340 g/mol. The Morgan fingerprint density at radius 2 is 2.16 bits per heavy atom. The van der Waals surface area contributed by atoms with Gasteiger partial charge < -0.3 is 9.64 Å². The number of ether oxygens (including phenoxy) is 1. The molecule has 3 aromatic rings. The highest BCUT2D eigenvalue weighted by atomic mass is 16.5. The number of hydrogen-bond acceptors (Lipinski definition) is 5. The molecular weight excluding hydrogens is 316 g/mol. The molecule has 0 saturated carbocycles. The molecule has 0 amide bonds. The van der Waals surface area contributed by atoms with E-state index in [9.17, 15) is 0 Å². The first-order chi connectivity index (χ1) is 12.1. The van der Waals surface area contributed by atoms with Gasteiger partial charge in [0.15, 0.2) is 5.65 Å². The van der Waals surface area contributed by atoms with E-state index >= 15 is 0 Å². The van der Waals surface area contributed by atoms with Gasteiger partial charge in [-0.05, 0) is 33.3 Å². The molecule has 0 aliphatic carbocycles. The number of hydrogen-bond donors (Lipinski definition) is 0. The Kier molecular flexibility index (Phi) is 4.17. The van der Waals surface area contributed by atoms with E-state index in [0.717, 1.165) is 61.1 Å². The van der Waals surface area contributed by atoms with Crippen molar-refractivity contribution in [3.63, 3.8) is 0 Å². The molecule has 0 N–H and O–H groups in total. The second-order valence-corrected chi connectivity index (χ2v) is 6.72. The van der Waals surface area contributed by atoms with Crippen LogP contribution >= 0.6 is 0 Å². The van der Waals surface area contributed by atoms with Crippen LogP contribution in [0.4, 0.5) is 5.82 Å². The van der Waals surface area contributed by atoms with E-state index < -0.39 is 0 Å². The van der Waals surface area contributed by atoms with Crippen molar-refractivity contribution in [3.05, 3.63) is 41.5 Å². The van der Waals surface area contributed by atoms with Crippen molar-refractivity contribution in [3.8, 4) is 0 Å². The van der Waals surface area contributed by atoms with E-state index in [0.29, 0.717) is 0 Å². The van der Waals surface area contributed by atoms with Gasteiger partial charge in [-0.15, -0.1) is 0 Å². The molecule has 1 aliphatic rings. The summed E-state index contributed by atoms with van der Waals surface area (Å²) in [6, 6.07) is 4.06. The van der Waals surface area contributed by atoms with Crippen LogP contribution < -0.4 is 4.90 Å². The number of rotatable bonds is 3. The summed E-state index contributed by atoms with van der Waals surface area (Å²) in [6.07, 6.45) is 4.88. The number of anilines is 1. The van der Waals surface area contributed by atoms with Crippen molar-refractivity contribution in [1.82, 2.24) is 24.4 Å². The topological polar surface area (TPSA) is 60.5 Å². The Morgan fingerprint density at radius 1 is 1.28 bits per heavy atom. The molecule has 0 spiro atoms. The van der Waals surface area contributed by atoms with E-state index in [4.69, 9.17) is 9.84 Å². The first kappa shape index (κ1) is 16.1. The summed E-state index contributed by atoms with van der Waals surface area (Å²) in [5.74, 6) is 1.09. The number of aryl methyl sites for hydroxylation is 3. The lowest BCUT2D eigenvalue weighted by molar-refractivity contribution is 0.0543. The second kappa shape index (κ2) is 6.48. The predicted octanol–water partition coefficient (Wildman–Crippen LogP) is 2.15. The highest BCUT2D eigenvalue weighted by Crippen LogP contribution is 2.23. The fourth-order valence-electron chi connectivity index (χ4n) is 3.39. The summed E-state index contributed by atoms with van der Waals surface area (Å²) < 4.78 is 9.97. The molecule has 7 nitrogen and oxygen atoms in total. The van der Waals surface area contributed by atoms with Crippen LogP contribution in [0.5, 0.6) is 0 Å². The number of aromatic nitrogens is 5. The molecule has 1 saturated heterocycles. The summed E-state index contributed by atoms with van der Waals surface area (Å²) in [5, 5.41) is 9.02. The lowest BCUT2D eigenvalue weighted by atomic mass is 10.2. The highest BCUT2D eigenvalue weighted by Gasteiger charge is 2.23. The average molecular weight is 340 g/mol. The van der Waals surface area contributed by atoms with E-state index in [1.807, 2.05) is 35.3 Å². The van der Waals surface area contributed by atoms with Gasteiger partial charge in [0, 0.05) is 49.4 Å². The number of fused-ring (bicyclic) bond motifs is 1. The quantitative estimate of drug-likeness (QED) is 0.731.